The second-order valence-electron chi connectivity index (χ2n) is 6.96. The summed E-state index contributed by atoms with van der Waals surface area (Å²) in [5.74, 6) is 0.729. The molecule has 0 radical (unpaired) electrons. The molecule has 0 fully saturated rings. The summed E-state index contributed by atoms with van der Waals surface area (Å²) >= 11 is 0. The van der Waals surface area contributed by atoms with Crippen LogP contribution in [-0.2, 0) is 0 Å². The van der Waals surface area contributed by atoms with E-state index in [9.17, 15) is 9.59 Å². The molecule has 156 valence electrons. The maximum atomic E-state index is 10.8. The zero-order valence-corrected chi connectivity index (χ0v) is 17.1. The molecule has 0 heterocycles. The fourth-order valence-electron chi connectivity index (χ4n) is 2.91. The largest absolute Gasteiger partial charge is 0.493 e. The summed E-state index contributed by atoms with van der Waals surface area (Å²) in [5.41, 5.74) is 5.16. The fraction of sp³-hybridized carbons (Fsp3) is 0.111. The molecule has 0 unspecified atom stereocenters. The second-order valence-corrected chi connectivity index (χ2v) is 6.96. The van der Waals surface area contributed by atoms with Crippen molar-refractivity contribution >= 4 is 36.9 Å². The molecule has 0 aromatic heterocycles. The van der Waals surface area contributed by atoms with Crippen LogP contribution in [0.1, 0.15) is 49.4 Å². The number of carbonyl (C=O) groups is 2. The lowest BCUT2D eigenvalue weighted by Gasteiger charge is -2.10. The summed E-state index contributed by atoms with van der Waals surface area (Å²) in [4.78, 5) is 21.6. The minimum absolute atomic E-state index is 0.0740. The Morgan fingerprint density at radius 3 is 1.68 bits per heavy atom. The van der Waals surface area contributed by atoms with Crippen molar-refractivity contribution in [3.05, 3.63) is 100 Å². The Labute approximate surface area is 182 Å². The first kappa shape index (κ1) is 21.9. The van der Waals surface area contributed by atoms with Gasteiger partial charge < -0.3 is 9.84 Å². The Hall–Kier alpha value is -3.76. The molecule has 0 atom stereocenters. The van der Waals surface area contributed by atoms with Crippen LogP contribution in [0.15, 0.2) is 66.7 Å². The SMILES string of the molecule is O=Cc1ccc(C=Cc2ccc(C=Cc3ccc(C=O)cc3)c(OCCCO)c2)cc1. The number of hydrogen-bond acceptors (Lipinski definition) is 4. The molecule has 0 spiro atoms. The molecule has 3 aromatic carbocycles. The van der Waals surface area contributed by atoms with Crippen LogP contribution in [0.25, 0.3) is 24.3 Å². The van der Waals surface area contributed by atoms with Gasteiger partial charge in [-0.2, -0.15) is 0 Å². The Balaban J connectivity index is 1.80. The normalized spacial score (nSPS) is 11.1. The van der Waals surface area contributed by atoms with Crippen LogP contribution in [0.2, 0.25) is 0 Å². The van der Waals surface area contributed by atoms with Crippen molar-refractivity contribution in [2.45, 2.75) is 6.42 Å². The maximum absolute atomic E-state index is 10.8. The first-order valence-electron chi connectivity index (χ1n) is 10.1. The standard InChI is InChI=1S/C27H24O4/c28-16-1-17-31-27-18-23(7-2-21-3-8-24(19-29)9-4-21)13-15-26(27)14-12-22-5-10-25(20-30)11-6-22/h2-15,18-20,28H,1,16-17H2. The smallest absolute Gasteiger partial charge is 0.150 e. The molecule has 0 bridgehead atoms. The van der Waals surface area contributed by atoms with E-state index in [2.05, 4.69) is 0 Å². The molecule has 1 N–H and O–H groups in total. The summed E-state index contributed by atoms with van der Waals surface area (Å²) in [5, 5.41) is 9.06. The van der Waals surface area contributed by atoms with Crippen molar-refractivity contribution in [2.75, 3.05) is 13.2 Å². The number of benzene rings is 3. The van der Waals surface area contributed by atoms with Crippen LogP contribution in [0.5, 0.6) is 5.75 Å². The third kappa shape index (κ3) is 6.63. The molecule has 4 heteroatoms. The summed E-state index contributed by atoms with van der Waals surface area (Å²) in [6.07, 6.45) is 10.1. The number of rotatable bonds is 10. The van der Waals surface area contributed by atoms with E-state index in [0.29, 0.717) is 24.2 Å². The van der Waals surface area contributed by atoms with E-state index in [4.69, 9.17) is 9.84 Å². The highest BCUT2D eigenvalue weighted by Gasteiger charge is 2.03. The quantitative estimate of drug-likeness (QED) is 0.275. The Morgan fingerprint density at radius 1 is 0.645 bits per heavy atom. The predicted octanol–water partition coefficient (Wildman–Crippen LogP) is 5.41. The molecule has 31 heavy (non-hydrogen) atoms. The molecule has 0 saturated heterocycles. The van der Waals surface area contributed by atoms with Crippen LogP contribution in [0.4, 0.5) is 0 Å². The van der Waals surface area contributed by atoms with Gasteiger partial charge in [-0.1, -0.05) is 85.0 Å². The molecule has 0 aliphatic rings. The number of hydrogen-bond donors (Lipinski definition) is 1. The van der Waals surface area contributed by atoms with Gasteiger partial charge in [0.25, 0.3) is 0 Å². The summed E-state index contributed by atoms with van der Waals surface area (Å²) in [6, 6.07) is 20.6. The maximum Gasteiger partial charge on any atom is 0.150 e. The first-order valence-corrected chi connectivity index (χ1v) is 10.1. The monoisotopic (exact) mass is 412 g/mol. The number of aliphatic hydroxyl groups is 1. The minimum Gasteiger partial charge on any atom is -0.493 e. The van der Waals surface area contributed by atoms with E-state index in [-0.39, 0.29) is 6.61 Å². The summed E-state index contributed by atoms with van der Waals surface area (Å²) in [7, 11) is 0. The molecule has 0 aliphatic carbocycles. The van der Waals surface area contributed by atoms with E-state index in [0.717, 1.165) is 40.6 Å². The zero-order valence-electron chi connectivity index (χ0n) is 17.1. The molecule has 0 saturated carbocycles. The van der Waals surface area contributed by atoms with Gasteiger partial charge in [0.15, 0.2) is 0 Å². The summed E-state index contributed by atoms with van der Waals surface area (Å²) < 4.78 is 5.90. The third-order valence-electron chi connectivity index (χ3n) is 4.67. The van der Waals surface area contributed by atoms with Crippen molar-refractivity contribution in [3.8, 4) is 5.75 Å². The number of ether oxygens (including phenoxy) is 1. The Kier molecular flexibility index (Phi) is 8.09. The van der Waals surface area contributed by atoms with Gasteiger partial charge in [-0.15, -0.1) is 0 Å². The van der Waals surface area contributed by atoms with Gasteiger partial charge in [0.1, 0.15) is 18.3 Å². The topological polar surface area (TPSA) is 63.6 Å². The Bertz CT molecular complexity index is 1060. The third-order valence-corrected chi connectivity index (χ3v) is 4.67. The molecule has 0 amide bonds. The predicted molar refractivity (Wildman–Crippen MR) is 125 cm³/mol. The van der Waals surface area contributed by atoms with Gasteiger partial charge in [-0.25, -0.2) is 0 Å². The van der Waals surface area contributed by atoms with Crippen molar-refractivity contribution in [1.29, 1.82) is 0 Å². The average molecular weight is 412 g/mol. The minimum atomic E-state index is 0.0740. The molecule has 3 rings (SSSR count). The molecule has 4 nitrogen and oxygen atoms in total. The number of aliphatic hydroxyl groups excluding tert-OH is 1. The van der Waals surface area contributed by atoms with Crippen molar-refractivity contribution in [3.63, 3.8) is 0 Å². The second kappa shape index (κ2) is 11.4. The van der Waals surface area contributed by atoms with Crippen molar-refractivity contribution in [1.82, 2.24) is 0 Å². The van der Waals surface area contributed by atoms with E-state index in [1.165, 1.54) is 0 Å². The van der Waals surface area contributed by atoms with E-state index >= 15 is 0 Å². The van der Waals surface area contributed by atoms with Crippen LogP contribution in [0.3, 0.4) is 0 Å². The Morgan fingerprint density at radius 2 is 1.13 bits per heavy atom. The number of carbonyl (C=O) groups excluding carboxylic acids is 2. The molecular weight excluding hydrogens is 388 g/mol. The zero-order chi connectivity index (χ0) is 21.9. The van der Waals surface area contributed by atoms with E-state index in [1.54, 1.807) is 24.3 Å². The fourth-order valence-corrected chi connectivity index (χ4v) is 2.91. The van der Waals surface area contributed by atoms with Gasteiger partial charge in [0.2, 0.25) is 0 Å². The van der Waals surface area contributed by atoms with Gasteiger partial charge in [-0.05, 0) is 22.8 Å². The van der Waals surface area contributed by atoms with Crippen LogP contribution >= 0.6 is 0 Å². The lowest BCUT2D eigenvalue weighted by molar-refractivity contribution is 0.111. The van der Waals surface area contributed by atoms with Crippen LogP contribution < -0.4 is 4.74 Å². The van der Waals surface area contributed by atoms with Crippen LogP contribution in [0, 0.1) is 0 Å². The van der Waals surface area contributed by atoms with E-state index in [1.807, 2.05) is 66.8 Å². The molecule has 0 aliphatic heterocycles. The lowest BCUT2D eigenvalue weighted by Crippen LogP contribution is -2.01. The van der Waals surface area contributed by atoms with E-state index < -0.39 is 0 Å². The molecular formula is C27H24O4. The van der Waals surface area contributed by atoms with Gasteiger partial charge in [0.05, 0.1) is 6.61 Å². The average Bonchev–Trinajstić information content (AvgIpc) is 2.83. The highest BCUT2D eigenvalue weighted by molar-refractivity contribution is 5.79. The van der Waals surface area contributed by atoms with Crippen molar-refractivity contribution < 1.29 is 19.4 Å². The van der Waals surface area contributed by atoms with Gasteiger partial charge in [-0.3, -0.25) is 9.59 Å². The molecule has 3 aromatic rings. The van der Waals surface area contributed by atoms with Gasteiger partial charge in [0, 0.05) is 29.7 Å². The van der Waals surface area contributed by atoms with Crippen LogP contribution in [-0.4, -0.2) is 30.9 Å². The highest BCUT2D eigenvalue weighted by Crippen LogP contribution is 2.25. The highest BCUT2D eigenvalue weighted by atomic mass is 16.5. The lowest BCUT2D eigenvalue weighted by atomic mass is 10.1. The summed E-state index contributed by atoms with van der Waals surface area (Å²) in [6.45, 7) is 0.496. The van der Waals surface area contributed by atoms with Crippen molar-refractivity contribution in [2.24, 2.45) is 0 Å². The first-order chi connectivity index (χ1) is 15.2. The number of aldehydes is 2. The van der Waals surface area contributed by atoms with Gasteiger partial charge >= 0.3 is 0 Å².